The van der Waals surface area contributed by atoms with Gasteiger partial charge >= 0.3 is 0 Å². The average Bonchev–Trinajstić information content (AvgIpc) is 2.62. The number of ether oxygens (including phenoxy) is 1. The number of carbonyl (C=O) groups excluding carboxylic acids is 2. The second-order valence-electron chi connectivity index (χ2n) is 5.89. The maximum Gasteiger partial charge on any atom is 0.228 e. The van der Waals surface area contributed by atoms with Gasteiger partial charge in [-0.25, -0.2) is 0 Å². The Balaban J connectivity index is 2.13. The molecule has 0 heterocycles. The summed E-state index contributed by atoms with van der Waals surface area (Å²) in [6.07, 6.45) is 5.20. The summed E-state index contributed by atoms with van der Waals surface area (Å²) in [6, 6.07) is 7.25. The van der Waals surface area contributed by atoms with Gasteiger partial charge in [-0.3, -0.25) is 9.59 Å². The topological polar surface area (TPSA) is 58.6 Å². The Labute approximate surface area is 143 Å². The molecular weight excluding hydrogens is 304 g/mol. The standard InChI is InChI=1S/C19H26N2O3/c1-4-21(5-2)19(23)17-12-7-6-11-16(17)18(22)20-14-9-8-10-15(13-14)24-3/h6-10,13,16-17H,4-5,11-12H2,1-3H3,(H,20,22). The van der Waals surface area contributed by atoms with Crippen LogP contribution >= 0.6 is 0 Å². The van der Waals surface area contributed by atoms with E-state index in [-0.39, 0.29) is 23.7 Å². The maximum absolute atomic E-state index is 12.7. The van der Waals surface area contributed by atoms with Crippen molar-refractivity contribution in [2.45, 2.75) is 26.7 Å². The zero-order valence-electron chi connectivity index (χ0n) is 14.6. The van der Waals surface area contributed by atoms with Gasteiger partial charge in [0.1, 0.15) is 5.75 Å². The molecule has 1 aliphatic rings. The van der Waals surface area contributed by atoms with Gasteiger partial charge in [0.2, 0.25) is 11.8 Å². The Morgan fingerprint density at radius 1 is 1.17 bits per heavy atom. The van der Waals surface area contributed by atoms with Crippen LogP contribution in [0.15, 0.2) is 36.4 Å². The van der Waals surface area contributed by atoms with Crippen LogP contribution in [0.4, 0.5) is 5.69 Å². The molecule has 2 atom stereocenters. The fraction of sp³-hybridized carbons (Fsp3) is 0.474. The molecule has 5 nitrogen and oxygen atoms in total. The molecule has 24 heavy (non-hydrogen) atoms. The Bertz CT molecular complexity index is 608. The molecule has 5 heteroatoms. The largest absolute Gasteiger partial charge is 0.497 e. The Morgan fingerprint density at radius 2 is 1.83 bits per heavy atom. The molecule has 2 rings (SSSR count). The summed E-state index contributed by atoms with van der Waals surface area (Å²) in [4.78, 5) is 27.2. The van der Waals surface area contributed by atoms with E-state index in [1.165, 1.54) is 0 Å². The fourth-order valence-corrected chi connectivity index (χ4v) is 3.08. The van der Waals surface area contributed by atoms with Crippen molar-refractivity contribution in [1.29, 1.82) is 0 Å². The van der Waals surface area contributed by atoms with Gasteiger partial charge in [0.15, 0.2) is 0 Å². The summed E-state index contributed by atoms with van der Waals surface area (Å²) in [5.41, 5.74) is 0.683. The molecule has 0 bridgehead atoms. The third-order valence-electron chi connectivity index (χ3n) is 4.50. The van der Waals surface area contributed by atoms with Crippen LogP contribution in [0.25, 0.3) is 0 Å². The van der Waals surface area contributed by atoms with E-state index in [0.717, 1.165) is 0 Å². The predicted molar refractivity (Wildman–Crippen MR) is 94.9 cm³/mol. The van der Waals surface area contributed by atoms with E-state index in [4.69, 9.17) is 4.74 Å². The molecule has 0 saturated heterocycles. The Morgan fingerprint density at radius 3 is 2.46 bits per heavy atom. The van der Waals surface area contributed by atoms with Crippen molar-refractivity contribution in [2.24, 2.45) is 11.8 Å². The lowest BCUT2D eigenvalue weighted by molar-refractivity contribution is -0.140. The first kappa shape index (κ1) is 18.0. The lowest BCUT2D eigenvalue weighted by Gasteiger charge is -2.31. The van der Waals surface area contributed by atoms with E-state index in [0.29, 0.717) is 37.4 Å². The highest BCUT2D eigenvalue weighted by molar-refractivity contribution is 5.96. The SMILES string of the molecule is CCN(CC)C(=O)C1CC=CCC1C(=O)Nc1cccc(OC)c1. The van der Waals surface area contributed by atoms with E-state index in [9.17, 15) is 9.59 Å². The van der Waals surface area contributed by atoms with Crippen LogP contribution in [-0.2, 0) is 9.59 Å². The molecular formula is C19H26N2O3. The summed E-state index contributed by atoms with van der Waals surface area (Å²) in [5, 5.41) is 2.92. The molecule has 1 aromatic rings. The van der Waals surface area contributed by atoms with E-state index in [1.54, 1.807) is 18.1 Å². The Kier molecular flexibility index (Phi) is 6.41. The fourth-order valence-electron chi connectivity index (χ4n) is 3.08. The summed E-state index contributed by atoms with van der Waals surface area (Å²) in [5.74, 6) is 0.00941. The first-order valence-corrected chi connectivity index (χ1v) is 8.49. The van der Waals surface area contributed by atoms with Crippen molar-refractivity contribution in [2.75, 3.05) is 25.5 Å². The van der Waals surface area contributed by atoms with Crippen molar-refractivity contribution in [1.82, 2.24) is 4.90 Å². The van der Waals surface area contributed by atoms with E-state index in [1.807, 2.05) is 44.2 Å². The first-order chi connectivity index (χ1) is 11.6. The predicted octanol–water partition coefficient (Wildman–Crippen LogP) is 3.08. The number of amides is 2. The second kappa shape index (κ2) is 8.52. The summed E-state index contributed by atoms with van der Waals surface area (Å²) in [7, 11) is 1.59. The number of benzene rings is 1. The number of carbonyl (C=O) groups is 2. The monoisotopic (exact) mass is 330 g/mol. The van der Waals surface area contributed by atoms with Gasteiger partial charge in [0.05, 0.1) is 18.9 Å². The normalized spacial score (nSPS) is 19.6. The van der Waals surface area contributed by atoms with Gasteiger partial charge in [-0.15, -0.1) is 0 Å². The zero-order valence-corrected chi connectivity index (χ0v) is 14.6. The molecule has 0 aromatic heterocycles. The van der Waals surface area contributed by atoms with Gasteiger partial charge in [-0.05, 0) is 38.8 Å². The number of nitrogens with one attached hydrogen (secondary N) is 1. The highest BCUT2D eigenvalue weighted by Gasteiger charge is 2.35. The van der Waals surface area contributed by atoms with Crippen LogP contribution in [0.5, 0.6) is 5.75 Å². The number of nitrogens with zero attached hydrogens (tertiary/aromatic N) is 1. The van der Waals surface area contributed by atoms with Gasteiger partial charge < -0.3 is 15.0 Å². The van der Waals surface area contributed by atoms with Gasteiger partial charge in [0, 0.05) is 24.8 Å². The van der Waals surface area contributed by atoms with E-state index < -0.39 is 0 Å². The molecule has 0 fully saturated rings. The van der Waals surface area contributed by atoms with E-state index >= 15 is 0 Å². The number of rotatable bonds is 6. The molecule has 1 aromatic carbocycles. The zero-order chi connectivity index (χ0) is 17.5. The quantitative estimate of drug-likeness (QED) is 0.816. The smallest absolute Gasteiger partial charge is 0.228 e. The summed E-state index contributed by atoms with van der Waals surface area (Å²) >= 11 is 0. The van der Waals surface area contributed by atoms with Crippen molar-refractivity contribution in [3.8, 4) is 5.75 Å². The highest BCUT2D eigenvalue weighted by Crippen LogP contribution is 2.29. The summed E-state index contributed by atoms with van der Waals surface area (Å²) in [6.45, 7) is 5.26. The molecule has 1 N–H and O–H groups in total. The second-order valence-corrected chi connectivity index (χ2v) is 5.89. The molecule has 0 radical (unpaired) electrons. The van der Waals surface area contributed by atoms with Crippen LogP contribution in [-0.4, -0.2) is 36.9 Å². The summed E-state index contributed by atoms with van der Waals surface area (Å²) < 4.78 is 5.18. The Hall–Kier alpha value is -2.30. The van der Waals surface area contributed by atoms with Crippen molar-refractivity contribution in [3.63, 3.8) is 0 Å². The van der Waals surface area contributed by atoms with Crippen LogP contribution in [0, 0.1) is 11.8 Å². The lowest BCUT2D eigenvalue weighted by Crippen LogP contribution is -2.43. The lowest BCUT2D eigenvalue weighted by atomic mass is 9.81. The molecule has 130 valence electrons. The van der Waals surface area contributed by atoms with Crippen LogP contribution in [0.3, 0.4) is 0 Å². The molecule has 0 aliphatic heterocycles. The van der Waals surface area contributed by atoms with Gasteiger partial charge in [0.25, 0.3) is 0 Å². The maximum atomic E-state index is 12.7. The molecule has 2 amide bonds. The van der Waals surface area contributed by atoms with Crippen molar-refractivity contribution < 1.29 is 14.3 Å². The van der Waals surface area contributed by atoms with Gasteiger partial charge in [-0.2, -0.15) is 0 Å². The third-order valence-corrected chi connectivity index (χ3v) is 4.50. The molecule has 0 saturated carbocycles. The molecule has 2 unspecified atom stereocenters. The third kappa shape index (κ3) is 4.16. The minimum Gasteiger partial charge on any atom is -0.497 e. The highest BCUT2D eigenvalue weighted by atomic mass is 16.5. The number of allylic oxidation sites excluding steroid dienone is 2. The first-order valence-electron chi connectivity index (χ1n) is 8.49. The van der Waals surface area contributed by atoms with Crippen LogP contribution < -0.4 is 10.1 Å². The number of anilines is 1. The van der Waals surface area contributed by atoms with Crippen LogP contribution in [0.2, 0.25) is 0 Å². The van der Waals surface area contributed by atoms with Crippen molar-refractivity contribution >= 4 is 17.5 Å². The van der Waals surface area contributed by atoms with Gasteiger partial charge in [-0.1, -0.05) is 18.2 Å². The molecule has 0 spiro atoms. The molecule has 1 aliphatic carbocycles. The minimum atomic E-state index is -0.339. The average molecular weight is 330 g/mol. The van der Waals surface area contributed by atoms with Crippen molar-refractivity contribution in [3.05, 3.63) is 36.4 Å². The number of hydrogen-bond donors (Lipinski definition) is 1. The van der Waals surface area contributed by atoms with E-state index in [2.05, 4.69) is 5.32 Å². The number of hydrogen-bond acceptors (Lipinski definition) is 3. The minimum absolute atomic E-state index is 0.0649. The number of methoxy groups -OCH3 is 1. The van der Waals surface area contributed by atoms with Crippen LogP contribution in [0.1, 0.15) is 26.7 Å².